The Morgan fingerprint density at radius 3 is 2.73 bits per heavy atom. The van der Waals surface area contributed by atoms with E-state index in [1.54, 1.807) is 43.4 Å². The molecule has 0 bridgehead atoms. The van der Waals surface area contributed by atoms with E-state index in [-0.39, 0.29) is 12.0 Å². The second kappa shape index (κ2) is 8.73. The zero-order valence-corrected chi connectivity index (χ0v) is 17.5. The fourth-order valence-corrected chi connectivity index (χ4v) is 3.22. The Morgan fingerprint density at radius 2 is 1.97 bits per heavy atom. The van der Waals surface area contributed by atoms with Crippen molar-refractivity contribution in [2.75, 3.05) is 30.4 Å². The molecule has 3 aromatic rings. The molecular formula is C20H18Cl2N6O2. The van der Waals surface area contributed by atoms with E-state index in [4.69, 9.17) is 27.9 Å². The highest BCUT2D eigenvalue weighted by Crippen LogP contribution is 2.28. The van der Waals surface area contributed by atoms with E-state index in [0.717, 1.165) is 0 Å². The van der Waals surface area contributed by atoms with E-state index in [1.165, 1.54) is 6.33 Å². The zero-order valence-electron chi connectivity index (χ0n) is 16.0. The van der Waals surface area contributed by atoms with Crippen molar-refractivity contribution >= 4 is 46.7 Å². The SMILES string of the molecule is CNC(=O)c1cccc(Nc2ncnc(N3CC(Oc4ccc(Cl)c(Cl)c4)C3)n2)c1. The number of halogens is 2. The monoisotopic (exact) mass is 444 g/mol. The molecule has 1 saturated heterocycles. The number of ether oxygens (including phenoxy) is 1. The predicted octanol–water partition coefficient (Wildman–Crippen LogP) is 3.55. The number of carbonyl (C=O) groups excluding carboxylic acids is 1. The van der Waals surface area contributed by atoms with Gasteiger partial charge in [0.15, 0.2) is 0 Å². The molecule has 0 aliphatic carbocycles. The molecule has 2 aromatic carbocycles. The van der Waals surface area contributed by atoms with Gasteiger partial charge in [-0.3, -0.25) is 4.79 Å². The van der Waals surface area contributed by atoms with Crippen LogP contribution in [0.3, 0.4) is 0 Å². The number of hydrogen-bond acceptors (Lipinski definition) is 7. The number of rotatable bonds is 6. The molecule has 2 heterocycles. The van der Waals surface area contributed by atoms with Gasteiger partial charge in [-0.1, -0.05) is 29.3 Å². The van der Waals surface area contributed by atoms with E-state index < -0.39 is 0 Å². The van der Waals surface area contributed by atoms with Crippen LogP contribution in [0.4, 0.5) is 17.6 Å². The van der Waals surface area contributed by atoms with Crippen LogP contribution in [-0.4, -0.2) is 47.1 Å². The van der Waals surface area contributed by atoms with Crippen LogP contribution in [0.1, 0.15) is 10.4 Å². The molecular weight excluding hydrogens is 427 g/mol. The summed E-state index contributed by atoms with van der Waals surface area (Å²) in [4.78, 5) is 26.6. The van der Waals surface area contributed by atoms with Gasteiger partial charge in [-0.2, -0.15) is 4.98 Å². The van der Waals surface area contributed by atoms with Crippen LogP contribution in [0.2, 0.25) is 10.0 Å². The van der Waals surface area contributed by atoms with Crippen LogP contribution < -0.4 is 20.3 Å². The maximum absolute atomic E-state index is 11.8. The summed E-state index contributed by atoms with van der Waals surface area (Å²) >= 11 is 12.0. The van der Waals surface area contributed by atoms with Crippen LogP contribution in [0.25, 0.3) is 0 Å². The molecule has 1 aromatic heterocycles. The van der Waals surface area contributed by atoms with Crippen LogP contribution in [0.5, 0.6) is 5.75 Å². The van der Waals surface area contributed by atoms with Gasteiger partial charge in [0.25, 0.3) is 5.91 Å². The van der Waals surface area contributed by atoms with E-state index in [9.17, 15) is 4.79 Å². The lowest BCUT2D eigenvalue weighted by atomic mass is 10.2. The van der Waals surface area contributed by atoms with E-state index in [1.807, 2.05) is 11.0 Å². The van der Waals surface area contributed by atoms with E-state index in [0.29, 0.717) is 52.0 Å². The van der Waals surface area contributed by atoms with Crippen LogP contribution in [0, 0.1) is 0 Å². The van der Waals surface area contributed by atoms with Crippen molar-refractivity contribution in [3.8, 4) is 5.75 Å². The van der Waals surface area contributed by atoms with Gasteiger partial charge >= 0.3 is 0 Å². The minimum Gasteiger partial charge on any atom is -0.487 e. The van der Waals surface area contributed by atoms with Gasteiger partial charge in [0.2, 0.25) is 11.9 Å². The molecule has 0 unspecified atom stereocenters. The molecule has 1 fully saturated rings. The molecule has 2 N–H and O–H groups in total. The van der Waals surface area contributed by atoms with Crippen molar-refractivity contribution < 1.29 is 9.53 Å². The topological polar surface area (TPSA) is 92.3 Å². The molecule has 1 aliphatic rings. The predicted molar refractivity (Wildman–Crippen MR) is 116 cm³/mol. The Bertz CT molecular complexity index is 1070. The smallest absolute Gasteiger partial charge is 0.251 e. The molecule has 0 saturated carbocycles. The lowest BCUT2D eigenvalue weighted by molar-refractivity contribution is 0.0963. The summed E-state index contributed by atoms with van der Waals surface area (Å²) in [5.41, 5.74) is 1.25. The Morgan fingerprint density at radius 1 is 1.13 bits per heavy atom. The molecule has 10 heteroatoms. The van der Waals surface area contributed by atoms with Crippen molar-refractivity contribution in [2.45, 2.75) is 6.10 Å². The van der Waals surface area contributed by atoms with Gasteiger partial charge in [-0.05, 0) is 30.3 Å². The number of nitrogens with one attached hydrogen (secondary N) is 2. The third kappa shape index (κ3) is 4.55. The Labute approximate surface area is 183 Å². The van der Waals surface area contributed by atoms with Crippen molar-refractivity contribution in [3.05, 3.63) is 64.4 Å². The maximum Gasteiger partial charge on any atom is 0.251 e. The second-order valence-electron chi connectivity index (χ2n) is 6.61. The van der Waals surface area contributed by atoms with E-state index in [2.05, 4.69) is 25.6 Å². The summed E-state index contributed by atoms with van der Waals surface area (Å²) in [5, 5.41) is 6.65. The highest BCUT2D eigenvalue weighted by molar-refractivity contribution is 6.42. The molecule has 0 spiro atoms. The largest absolute Gasteiger partial charge is 0.487 e. The summed E-state index contributed by atoms with van der Waals surface area (Å²) < 4.78 is 5.90. The van der Waals surface area contributed by atoms with Gasteiger partial charge in [0.05, 0.1) is 23.1 Å². The van der Waals surface area contributed by atoms with Crippen molar-refractivity contribution in [1.82, 2.24) is 20.3 Å². The summed E-state index contributed by atoms with van der Waals surface area (Å²) in [5.74, 6) is 1.44. The third-order valence-corrected chi connectivity index (χ3v) is 5.23. The summed E-state index contributed by atoms with van der Waals surface area (Å²) in [6.07, 6.45) is 1.44. The van der Waals surface area contributed by atoms with Crippen molar-refractivity contribution in [3.63, 3.8) is 0 Å². The van der Waals surface area contributed by atoms with Gasteiger partial charge in [0, 0.05) is 24.4 Å². The maximum atomic E-state index is 11.8. The number of anilines is 3. The first-order valence-electron chi connectivity index (χ1n) is 9.16. The first kappa shape index (κ1) is 20.2. The molecule has 0 radical (unpaired) electrons. The standard InChI is InChI=1S/C20H18Cl2N6O2/c1-23-18(29)12-3-2-4-13(7-12)26-19-24-11-25-20(27-19)28-9-15(10-28)30-14-5-6-16(21)17(22)8-14/h2-8,11,15H,9-10H2,1H3,(H,23,29)(H,24,25,26,27). The molecule has 4 rings (SSSR count). The third-order valence-electron chi connectivity index (χ3n) is 4.49. The van der Waals surface area contributed by atoms with Gasteiger partial charge in [0.1, 0.15) is 18.2 Å². The minimum absolute atomic E-state index is 0.000320. The number of nitrogens with zero attached hydrogens (tertiary/aromatic N) is 4. The fraction of sp³-hybridized carbons (Fsp3) is 0.200. The average Bonchev–Trinajstić information content (AvgIpc) is 2.72. The highest BCUT2D eigenvalue weighted by Gasteiger charge is 2.31. The van der Waals surface area contributed by atoms with Gasteiger partial charge in [-0.15, -0.1) is 0 Å². The van der Waals surface area contributed by atoms with Crippen LogP contribution in [0.15, 0.2) is 48.8 Å². The Hall–Kier alpha value is -3.10. The van der Waals surface area contributed by atoms with Crippen LogP contribution in [-0.2, 0) is 0 Å². The molecule has 1 aliphatic heterocycles. The zero-order chi connectivity index (χ0) is 21.1. The number of benzene rings is 2. The minimum atomic E-state index is -0.163. The fourth-order valence-electron chi connectivity index (χ4n) is 2.93. The summed E-state index contributed by atoms with van der Waals surface area (Å²) in [6, 6.07) is 12.3. The van der Waals surface area contributed by atoms with Gasteiger partial charge < -0.3 is 20.3 Å². The molecule has 1 amide bonds. The van der Waals surface area contributed by atoms with Crippen LogP contribution >= 0.6 is 23.2 Å². The number of amides is 1. The highest BCUT2D eigenvalue weighted by atomic mass is 35.5. The lowest BCUT2D eigenvalue weighted by Crippen LogP contribution is -2.54. The number of carbonyl (C=O) groups is 1. The summed E-state index contributed by atoms with van der Waals surface area (Å²) in [7, 11) is 1.59. The van der Waals surface area contributed by atoms with Crippen molar-refractivity contribution in [2.24, 2.45) is 0 Å². The van der Waals surface area contributed by atoms with Crippen molar-refractivity contribution in [1.29, 1.82) is 0 Å². The first-order chi connectivity index (χ1) is 14.5. The van der Waals surface area contributed by atoms with Gasteiger partial charge in [-0.25, -0.2) is 9.97 Å². The number of hydrogen-bond donors (Lipinski definition) is 2. The average molecular weight is 445 g/mol. The summed E-state index contributed by atoms with van der Waals surface area (Å²) in [6.45, 7) is 1.27. The quantitative estimate of drug-likeness (QED) is 0.600. The Kier molecular flexibility index (Phi) is 5.87. The number of aromatic nitrogens is 3. The molecule has 30 heavy (non-hydrogen) atoms. The normalized spacial score (nSPS) is 13.5. The van der Waals surface area contributed by atoms with E-state index >= 15 is 0 Å². The first-order valence-corrected chi connectivity index (χ1v) is 9.92. The lowest BCUT2D eigenvalue weighted by Gasteiger charge is -2.38. The molecule has 154 valence electrons. The molecule has 0 atom stereocenters. The Balaban J connectivity index is 1.37. The molecule has 8 nitrogen and oxygen atoms in total. The second-order valence-corrected chi connectivity index (χ2v) is 7.43.